The van der Waals surface area contributed by atoms with Crippen LogP contribution in [0.15, 0.2) is 35.3 Å². The molecule has 7 nitrogen and oxygen atoms in total. The summed E-state index contributed by atoms with van der Waals surface area (Å²) >= 11 is 0. The van der Waals surface area contributed by atoms with Gasteiger partial charge in [-0.25, -0.2) is 0 Å². The van der Waals surface area contributed by atoms with Gasteiger partial charge in [0.25, 0.3) is 0 Å². The Bertz CT molecular complexity index is 591. The topological polar surface area (TPSA) is 86.2 Å². The predicted octanol–water partition coefficient (Wildman–Crippen LogP) is 1.99. The molecule has 160 valence electrons. The molecule has 1 rings (SSSR count). The zero-order valence-corrected chi connectivity index (χ0v) is 19.9. The lowest BCUT2D eigenvalue weighted by Gasteiger charge is -2.25. The molecule has 0 fully saturated rings. The second kappa shape index (κ2) is 13.7. The molecular formula is C20H35IN4O3. The number of carbonyl (C=O) groups is 1. The van der Waals surface area contributed by atoms with Crippen molar-refractivity contribution in [1.82, 2.24) is 15.5 Å². The highest BCUT2D eigenvalue weighted by molar-refractivity contribution is 14.0. The minimum atomic E-state index is -0.709. The number of rotatable bonds is 9. The molecule has 0 saturated heterocycles. The monoisotopic (exact) mass is 506 g/mol. The molecule has 1 aromatic rings. The van der Waals surface area contributed by atoms with E-state index in [9.17, 15) is 9.90 Å². The second-order valence-corrected chi connectivity index (χ2v) is 7.50. The van der Waals surface area contributed by atoms with E-state index in [1.807, 2.05) is 58.0 Å². The lowest BCUT2D eigenvalue weighted by molar-refractivity contribution is -0.122. The number of halogens is 1. The molecule has 8 heteroatoms. The minimum absolute atomic E-state index is 0. The largest absolute Gasteiger partial charge is 0.389 e. The van der Waals surface area contributed by atoms with Gasteiger partial charge in [0.05, 0.1) is 32.4 Å². The summed E-state index contributed by atoms with van der Waals surface area (Å²) < 4.78 is 5.54. The van der Waals surface area contributed by atoms with Crippen molar-refractivity contribution in [1.29, 1.82) is 0 Å². The van der Waals surface area contributed by atoms with Gasteiger partial charge in [-0.2, -0.15) is 0 Å². The lowest BCUT2D eigenvalue weighted by atomic mass is 10.1. The number of amides is 1. The molecule has 0 aromatic heterocycles. The summed E-state index contributed by atoms with van der Waals surface area (Å²) in [6, 6.07) is 9.81. The van der Waals surface area contributed by atoms with Gasteiger partial charge in [-0.15, -0.1) is 24.0 Å². The zero-order valence-electron chi connectivity index (χ0n) is 17.6. The third kappa shape index (κ3) is 12.1. The molecule has 0 heterocycles. The van der Waals surface area contributed by atoms with E-state index in [0.29, 0.717) is 19.1 Å². The predicted molar refractivity (Wildman–Crippen MR) is 124 cm³/mol. The fourth-order valence-electron chi connectivity index (χ4n) is 2.35. The van der Waals surface area contributed by atoms with E-state index in [0.717, 1.165) is 5.56 Å². The van der Waals surface area contributed by atoms with E-state index in [1.54, 1.807) is 11.9 Å². The van der Waals surface area contributed by atoms with Gasteiger partial charge in [0.15, 0.2) is 5.96 Å². The number of ether oxygens (including phenoxy) is 1. The summed E-state index contributed by atoms with van der Waals surface area (Å²) in [4.78, 5) is 18.2. The average molecular weight is 506 g/mol. The van der Waals surface area contributed by atoms with E-state index in [-0.39, 0.29) is 55.1 Å². The highest BCUT2D eigenvalue weighted by atomic mass is 127. The zero-order chi connectivity index (χ0) is 20.3. The number of likely N-dealkylation sites (N-methyl/N-ethyl adjacent to an activating group) is 1. The van der Waals surface area contributed by atoms with Crippen molar-refractivity contribution in [3.8, 4) is 0 Å². The van der Waals surface area contributed by atoms with Crippen molar-refractivity contribution in [2.75, 3.05) is 33.3 Å². The molecule has 0 radical (unpaired) electrons. The molecule has 1 aromatic carbocycles. The molecule has 28 heavy (non-hydrogen) atoms. The number of aliphatic hydroxyl groups excluding tert-OH is 1. The van der Waals surface area contributed by atoms with Crippen LogP contribution < -0.4 is 10.6 Å². The molecule has 0 aliphatic heterocycles. The van der Waals surface area contributed by atoms with Crippen LogP contribution in [0.4, 0.5) is 0 Å². The maximum absolute atomic E-state index is 12.1. The van der Waals surface area contributed by atoms with Crippen molar-refractivity contribution in [2.45, 2.75) is 45.9 Å². The molecule has 0 aliphatic rings. The Morgan fingerprint density at radius 2 is 1.93 bits per heavy atom. The molecule has 3 N–H and O–H groups in total. The number of nitrogens with zero attached hydrogens (tertiary/aromatic N) is 2. The van der Waals surface area contributed by atoms with Crippen LogP contribution in [0.1, 0.15) is 33.3 Å². The quantitative estimate of drug-likeness (QED) is 0.271. The number of carbonyl (C=O) groups excluding carboxylic acids is 1. The van der Waals surface area contributed by atoms with Crippen LogP contribution in [0, 0.1) is 0 Å². The maximum atomic E-state index is 12.1. The van der Waals surface area contributed by atoms with Gasteiger partial charge in [-0.1, -0.05) is 30.3 Å². The molecule has 0 aliphatic carbocycles. The summed E-state index contributed by atoms with van der Waals surface area (Å²) in [6.07, 6.45) is -0.709. The summed E-state index contributed by atoms with van der Waals surface area (Å²) in [7, 11) is 1.79. The van der Waals surface area contributed by atoms with Crippen LogP contribution in [0.25, 0.3) is 0 Å². The Kier molecular flexibility index (Phi) is 13.0. The van der Waals surface area contributed by atoms with Gasteiger partial charge >= 0.3 is 0 Å². The molecule has 0 saturated carbocycles. The molecule has 1 amide bonds. The fourth-order valence-corrected chi connectivity index (χ4v) is 2.35. The number of nitrogens with one attached hydrogen (secondary N) is 2. The number of hydrogen-bond donors (Lipinski definition) is 3. The SMILES string of the molecule is CCNC(=NCC(O)COCc1ccccc1)N(C)CC(=O)NC(C)(C)C.I. The lowest BCUT2D eigenvalue weighted by Crippen LogP contribution is -2.49. The molecule has 1 unspecified atom stereocenters. The Labute approximate surface area is 186 Å². The third-order valence-electron chi connectivity index (χ3n) is 3.47. The van der Waals surface area contributed by atoms with Crippen molar-refractivity contribution in [2.24, 2.45) is 4.99 Å². The van der Waals surface area contributed by atoms with Crippen molar-refractivity contribution < 1.29 is 14.6 Å². The summed E-state index contributed by atoms with van der Waals surface area (Å²) in [5.74, 6) is 0.492. The van der Waals surface area contributed by atoms with Gasteiger partial charge in [-0.05, 0) is 33.3 Å². The normalized spacial score (nSPS) is 12.7. The van der Waals surface area contributed by atoms with E-state index in [2.05, 4.69) is 15.6 Å². The number of aliphatic imine (C=N–C) groups is 1. The number of hydrogen-bond acceptors (Lipinski definition) is 4. The Balaban J connectivity index is 0.00000729. The first-order valence-corrected chi connectivity index (χ1v) is 9.31. The Morgan fingerprint density at radius 1 is 1.29 bits per heavy atom. The van der Waals surface area contributed by atoms with Crippen LogP contribution in [-0.4, -0.2) is 66.8 Å². The van der Waals surface area contributed by atoms with E-state index in [1.165, 1.54) is 0 Å². The van der Waals surface area contributed by atoms with E-state index < -0.39 is 6.10 Å². The highest BCUT2D eigenvalue weighted by Crippen LogP contribution is 2.02. The number of aliphatic hydroxyl groups is 1. The first-order chi connectivity index (χ1) is 12.7. The fraction of sp³-hybridized carbons (Fsp3) is 0.600. The van der Waals surface area contributed by atoms with Gasteiger partial charge in [0, 0.05) is 19.1 Å². The molecule has 1 atom stereocenters. The second-order valence-electron chi connectivity index (χ2n) is 7.50. The third-order valence-corrected chi connectivity index (χ3v) is 3.47. The summed E-state index contributed by atoms with van der Waals surface area (Å²) in [5.41, 5.74) is 0.783. The van der Waals surface area contributed by atoms with E-state index in [4.69, 9.17) is 4.74 Å². The number of benzene rings is 1. The van der Waals surface area contributed by atoms with Gasteiger partial charge in [0.1, 0.15) is 0 Å². The summed E-state index contributed by atoms with van der Waals surface area (Å²) in [5, 5.41) is 16.2. The first-order valence-electron chi connectivity index (χ1n) is 9.31. The Morgan fingerprint density at radius 3 is 2.50 bits per heavy atom. The molecule has 0 bridgehead atoms. The number of guanidine groups is 1. The minimum Gasteiger partial charge on any atom is -0.389 e. The van der Waals surface area contributed by atoms with E-state index >= 15 is 0 Å². The standard InChI is InChI=1S/C20H34N4O3.HI/c1-6-21-19(24(5)13-18(26)23-20(2,3)4)22-12-17(25)15-27-14-16-10-8-7-9-11-16;/h7-11,17,25H,6,12-15H2,1-5H3,(H,21,22)(H,23,26);1H. The maximum Gasteiger partial charge on any atom is 0.240 e. The van der Waals surface area contributed by atoms with Gasteiger partial charge in [0.2, 0.25) is 5.91 Å². The van der Waals surface area contributed by atoms with Crippen molar-refractivity contribution in [3.63, 3.8) is 0 Å². The Hall–Kier alpha value is -1.39. The van der Waals surface area contributed by atoms with Crippen molar-refractivity contribution in [3.05, 3.63) is 35.9 Å². The molecule has 0 spiro atoms. The average Bonchev–Trinajstić information content (AvgIpc) is 2.57. The van der Waals surface area contributed by atoms with Crippen LogP contribution in [0.2, 0.25) is 0 Å². The van der Waals surface area contributed by atoms with Crippen LogP contribution in [0.5, 0.6) is 0 Å². The smallest absolute Gasteiger partial charge is 0.240 e. The van der Waals surface area contributed by atoms with Gasteiger partial charge in [-0.3, -0.25) is 9.79 Å². The van der Waals surface area contributed by atoms with Crippen LogP contribution in [-0.2, 0) is 16.1 Å². The van der Waals surface area contributed by atoms with Crippen molar-refractivity contribution >= 4 is 35.8 Å². The first kappa shape index (κ1) is 26.6. The van der Waals surface area contributed by atoms with Gasteiger partial charge < -0.3 is 25.4 Å². The highest BCUT2D eigenvalue weighted by Gasteiger charge is 2.17. The van der Waals surface area contributed by atoms with Crippen LogP contribution in [0.3, 0.4) is 0 Å². The molecular weight excluding hydrogens is 471 g/mol. The summed E-state index contributed by atoms with van der Waals surface area (Å²) in [6.45, 7) is 9.48. The van der Waals surface area contributed by atoms with Crippen LogP contribution >= 0.6 is 24.0 Å².